The third kappa shape index (κ3) is 4.01. The third-order valence-electron chi connectivity index (χ3n) is 3.85. The van der Waals surface area contributed by atoms with E-state index in [0.29, 0.717) is 37.8 Å². The molecule has 1 unspecified atom stereocenters. The quantitative estimate of drug-likeness (QED) is 0.853. The summed E-state index contributed by atoms with van der Waals surface area (Å²) in [4.78, 5) is 20.7. The predicted octanol–water partition coefficient (Wildman–Crippen LogP) is 0.540. The number of carbonyl (C=O) groups is 1. The van der Waals surface area contributed by atoms with Gasteiger partial charge in [-0.15, -0.1) is 0 Å². The Labute approximate surface area is 125 Å². The van der Waals surface area contributed by atoms with Crippen LogP contribution in [0.15, 0.2) is 4.52 Å². The number of amides is 1. The minimum Gasteiger partial charge on any atom is -0.340 e. The molecule has 1 atom stereocenters. The summed E-state index contributed by atoms with van der Waals surface area (Å²) >= 11 is 0. The maximum Gasteiger partial charge on any atom is 0.242 e. The number of nitrogens with two attached hydrogens (primary N) is 1. The molecule has 21 heavy (non-hydrogen) atoms. The highest BCUT2D eigenvalue weighted by atomic mass is 16.5. The highest BCUT2D eigenvalue weighted by molar-refractivity contribution is 5.85. The van der Waals surface area contributed by atoms with E-state index in [1.807, 2.05) is 18.7 Å². The van der Waals surface area contributed by atoms with Crippen molar-refractivity contribution in [2.24, 2.45) is 5.73 Å². The zero-order valence-corrected chi connectivity index (χ0v) is 13.1. The molecule has 2 heterocycles. The van der Waals surface area contributed by atoms with Gasteiger partial charge in [0.1, 0.15) is 0 Å². The van der Waals surface area contributed by atoms with Crippen LogP contribution in [0.3, 0.4) is 0 Å². The molecule has 1 aromatic heterocycles. The van der Waals surface area contributed by atoms with Crippen molar-refractivity contribution < 1.29 is 9.32 Å². The van der Waals surface area contributed by atoms with Gasteiger partial charge in [-0.1, -0.05) is 18.5 Å². The Kier molecular flexibility index (Phi) is 4.95. The van der Waals surface area contributed by atoms with Crippen molar-refractivity contribution >= 4 is 5.91 Å². The lowest BCUT2D eigenvalue weighted by molar-refractivity contribution is -0.138. The van der Waals surface area contributed by atoms with E-state index in [9.17, 15) is 4.79 Å². The van der Waals surface area contributed by atoms with Crippen LogP contribution in [0.1, 0.15) is 38.4 Å². The monoisotopic (exact) mass is 295 g/mol. The Morgan fingerprint density at radius 2 is 2.05 bits per heavy atom. The second kappa shape index (κ2) is 6.53. The summed E-state index contributed by atoms with van der Waals surface area (Å²) in [7, 11) is 0. The Hall–Kier alpha value is -1.47. The van der Waals surface area contributed by atoms with Crippen LogP contribution in [0.4, 0.5) is 0 Å². The topological polar surface area (TPSA) is 88.5 Å². The van der Waals surface area contributed by atoms with Crippen LogP contribution in [0.5, 0.6) is 0 Å². The van der Waals surface area contributed by atoms with Gasteiger partial charge < -0.3 is 15.2 Å². The minimum absolute atomic E-state index is 0.0550. The summed E-state index contributed by atoms with van der Waals surface area (Å²) in [5, 5.41) is 3.90. The Morgan fingerprint density at radius 3 is 2.57 bits per heavy atom. The van der Waals surface area contributed by atoms with Crippen LogP contribution in [-0.4, -0.2) is 57.6 Å². The number of hydrogen-bond donors (Lipinski definition) is 1. The van der Waals surface area contributed by atoms with Crippen LogP contribution in [0.2, 0.25) is 0 Å². The van der Waals surface area contributed by atoms with Crippen molar-refractivity contribution in [2.45, 2.75) is 45.7 Å². The summed E-state index contributed by atoms with van der Waals surface area (Å²) in [5.41, 5.74) is 5.38. The fourth-order valence-corrected chi connectivity index (χ4v) is 2.70. The molecule has 0 spiro atoms. The van der Waals surface area contributed by atoms with Gasteiger partial charge in [0.2, 0.25) is 11.8 Å². The number of carbonyl (C=O) groups excluding carboxylic acids is 1. The SMILES string of the molecule is CCCC(C)(N)C(=O)N1CCN(Cc2noc(C)n2)CC1. The normalized spacial score (nSPS) is 19.5. The molecule has 2 rings (SSSR count). The van der Waals surface area contributed by atoms with Gasteiger partial charge in [-0.3, -0.25) is 9.69 Å². The Morgan fingerprint density at radius 1 is 1.38 bits per heavy atom. The van der Waals surface area contributed by atoms with E-state index in [-0.39, 0.29) is 5.91 Å². The van der Waals surface area contributed by atoms with Gasteiger partial charge in [0, 0.05) is 33.1 Å². The summed E-state index contributed by atoms with van der Waals surface area (Å²) in [5.74, 6) is 1.33. The largest absolute Gasteiger partial charge is 0.340 e. The first-order chi connectivity index (χ1) is 9.92. The maximum absolute atomic E-state index is 12.4. The molecule has 0 saturated carbocycles. The molecule has 1 aliphatic heterocycles. The number of piperazine rings is 1. The van der Waals surface area contributed by atoms with Crippen LogP contribution in [-0.2, 0) is 11.3 Å². The van der Waals surface area contributed by atoms with Crippen molar-refractivity contribution in [2.75, 3.05) is 26.2 Å². The first-order valence-corrected chi connectivity index (χ1v) is 7.52. The molecule has 0 bridgehead atoms. The summed E-state index contributed by atoms with van der Waals surface area (Å²) < 4.78 is 4.97. The first-order valence-electron chi connectivity index (χ1n) is 7.52. The summed E-state index contributed by atoms with van der Waals surface area (Å²) in [6, 6.07) is 0. The molecule has 7 heteroatoms. The van der Waals surface area contributed by atoms with E-state index in [1.54, 1.807) is 6.92 Å². The highest BCUT2D eigenvalue weighted by Crippen LogP contribution is 2.15. The Balaban J connectivity index is 1.84. The second-order valence-corrected chi connectivity index (χ2v) is 5.97. The number of aromatic nitrogens is 2. The van der Waals surface area contributed by atoms with Crippen molar-refractivity contribution in [3.05, 3.63) is 11.7 Å². The summed E-state index contributed by atoms with van der Waals surface area (Å²) in [6.45, 7) is 9.33. The molecule has 1 aliphatic rings. The van der Waals surface area contributed by atoms with Crippen LogP contribution < -0.4 is 5.73 Å². The molecular formula is C14H25N5O2. The fourth-order valence-electron chi connectivity index (χ4n) is 2.70. The van der Waals surface area contributed by atoms with E-state index in [0.717, 1.165) is 19.5 Å². The lowest BCUT2D eigenvalue weighted by atomic mass is 9.95. The van der Waals surface area contributed by atoms with E-state index < -0.39 is 5.54 Å². The minimum atomic E-state index is -0.748. The molecular weight excluding hydrogens is 270 g/mol. The van der Waals surface area contributed by atoms with Crippen LogP contribution in [0.25, 0.3) is 0 Å². The van der Waals surface area contributed by atoms with Crippen molar-refractivity contribution in [1.29, 1.82) is 0 Å². The van der Waals surface area contributed by atoms with Crippen molar-refractivity contribution in [3.8, 4) is 0 Å². The first kappa shape index (κ1) is 15.9. The molecule has 0 aliphatic carbocycles. The van der Waals surface area contributed by atoms with E-state index in [1.165, 1.54) is 0 Å². The van der Waals surface area contributed by atoms with Gasteiger partial charge in [-0.2, -0.15) is 4.98 Å². The second-order valence-electron chi connectivity index (χ2n) is 5.97. The number of hydrogen-bond acceptors (Lipinski definition) is 6. The Bertz CT molecular complexity index is 477. The van der Waals surface area contributed by atoms with Crippen LogP contribution >= 0.6 is 0 Å². The van der Waals surface area contributed by atoms with Gasteiger partial charge in [0.05, 0.1) is 12.1 Å². The molecule has 2 N–H and O–H groups in total. The predicted molar refractivity (Wildman–Crippen MR) is 78.4 cm³/mol. The molecule has 1 fully saturated rings. The van der Waals surface area contributed by atoms with Crippen molar-refractivity contribution in [3.63, 3.8) is 0 Å². The number of aryl methyl sites for hydroxylation is 1. The van der Waals surface area contributed by atoms with Gasteiger partial charge in [0.25, 0.3) is 0 Å². The lowest BCUT2D eigenvalue weighted by Crippen LogP contribution is -2.58. The molecule has 1 aromatic rings. The highest BCUT2D eigenvalue weighted by Gasteiger charge is 2.33. The lowest BCUT2D eigenvalue weighted by Gasteiger charge is -2.38. The zero-order valence-electron chi connectivity index (χ0n) is 13.1. The number of rotatable bonds is 5. The average Bonchev–Trinajstić information content (AvgIpc) is 2.84. The van der Waals surface area contributed by atoms with E-state index >= 15 is 0 Å². The third-order valence-corrected chi connectivity index (χ3v) is 3.85. The maximum atomic E-state index is 12.4. The molecule has 0 aromatic carbocycles. The molecule has 118 valence electrons. The summed E-state index contributed by atoms with van der Waals surface area (Å²) in [6.07, 6.45) is 1.63. The standard InChI is InChI=1S/C14H25N5O2/c1-4-5-14(3,15)13(20)19-8-6-18(7-9-19)10-12-16-11(2)21-17-12/h4-10,15H2,1-3H3. The van der Waals surface area contributed by atoms with Gasteiger partial charge in [0.15, 0.2) is 5.82 Å². The molecule has 1 saturated heterocycles. The van der Waals surface area contributed by atoms with E-state index in [2.05, 4.69) is 15.0 Å². The molecule has 7 nitrogen and oxygen atoms in total. The van der Waals surface area contributed by atoms with Gasteiger partial charge >= 0.3 is 0 Å². The van der Waals surface area contributed by atoms with Crippen molar-refractivity contribution in [1.82, 2.24) is 19.9 Å². The number of nitrogens with zero attached hydrogens (tertiary/aromatic N) is 4. The van der Waals surface area contributed by atoms with E-state index in [4.69, 9.17) is 10.3 Å². The van der Waals surface area contributed by atoms with Gasteiger partial charge in [-0.05, 0) is 13.3 Å². The van der Waals surface area contributed by atoms with Crippen LogP contribution in [0, 0.1) is 6.92 Å². The molecule has 0 radical (unpaired) electrons. The zero-order chi connectivity index (χ0) is 15.5. The van der Waals surface area contributed by atoms with Gasteiger partial charge in [-0.25, -0.2) is 0 Å². The fraction of sp³-hybridized carbons (Fsp3) is 0.786. The average molecular weight is 295 g/mol. The molecule has 1 amide bonds. The smallest absolute Gasteiger partial charge is 0.242 e.